The summed E-state index contributed by atoms with van der Waals surface area (Å²) in [6.45, 7) is 7.99. The van der Waals surface area contributed by atoms with E-state index in [1.807, 2.05) is 0 Å². The summed E-state index contributed by atoms with van der Waals surface area (Å²) in [6.07, 6.45) is 0. The van der Waals surface area contributed by atoms with Crippen molar-refractivity contribution < 1.29 is 0 Å². The molecule has 0 aliphatic carbocycles. The number of fused-ring (bicyclic) bond motifs is 1. The molecule has 2 aliphatic rings. The van der Waals surface area contributed by atoms with Crippen molar-refractivity contribution in [2.45, 2.75) is 13.5 Å². The highest BCUT2D eigenvalue weighted by Crippen LogP contribution is 2.28. The molecule has 0 saturated carbocycles. The van der Waals surface area contributed by atoms with E-state index in [1.54, 1.807) is 0 Å². The van der Waals surface area contributed by atoms with Gasteiger partial charge in [-0.05, 0) is 49.0 Å². The third-order valence-corrected chi connectivity index (χ3v) is 4.51. The Bertz CT molecular complexity index is 407. The minimum absolute atomic E-state index is 0.871. The molecule has 2 nitrogen and oxygen atoms in total. The first-order chi connectivity index (χ1) is 8.22. The van der Waals surface area contributed by atoms with Crippen LogP contribution in [0, 0.1) is 18.8 Å². The van der Waals surface area contributed by atoms with Gasteiger partial charge in [0.25, 0.3) is 0 Å². The molecule has 0 bridgehead atoms. The van der Waals surface area contributed by atoms with Crippen LogP contribution in [0.2, 0.25) is 5.02 Å². The Morgan fingerprint density at radius 1 is 1.29 bits per heavy atom. The summed E-state index contributed by atoms with van der Waals surface area (Å²) in [7, 11) is 0. The first kappa shape index (κ1) is 11.5. The number of likely N-dealkylation sites (tertiary alicyclic amines) is 1. The molecule has 2 aliphatic heterocycles. The highest BCUT2D eigenvalue weighted by atomic mass is 35.5. The maximum atomic E-state index is 6.17. The van der Waals surface area contributed by atoms with Crippen LogP contribution in [-0.2, 0) is 6.54 Å². The van der Waals surface area contributed by atoms with E-state index in [1.165, 1.54) is 31.7 Å². The van der Waals surface area contributed by atoms with E-state index in [4.69, 9.17) is 11.6 Å². The van der Waals surface area contributed by atoms with Crippen molar-refractivity contribution >= 4 is 11.6 Å². The van der Waals surface area contributed by atoms with Crippen LogP contribution < -0.4 is 5.32 Å². The Labute approximate surface area is 108 Å². The molecule has 0 radical (unpaired) electrons. The molecular weight excluding hydrogens is 232 g/mol. The number of hydrogen-bond acceptors (Lipinski definition) is 2. The summed E-state index contributed by atoms with van der Waals surface area (Å²) in [5.41, 5.74) is 2.51. The molecule has 2 unspecified atom stereocenters. The lowest BCUT2D eigenvalue weighted by Crippen LogP contribution is -2.25. The third-order valence-electron chi connectivity index (χ3n) is 4.11. The van der Waals surface area contributed by atoms with Crippen LogP contribution in [0.5, 0.6) is 0 Å². The number of benzene rings is 1. The predicted octanol–water partition coefficient (Wildman–Crippen LogP) is 2.30. The highest BCUT2D eigenvalue weighted by Gasteiger charge is 2.35. The molecule has 3 rings (SSSR count). The van der Waals surface area contributed by atoms with Crippen LogP contribution in [0.25, 0.3) is 0 Å². The average Bonchev–Trinajstić information content (AvgIpc) is 2.84. The molecule has 1 N–H and O–H groups in total. The lowest BCUT2D eigenvalue weighted by molar-refractivity contribution is 0.305. The second-order valence-corrected chi connectivity index (χ2v) is 5.86. The molecule has 92 valence electrons. The quantitative estimate of drug-likeness (QED) is 0.867. The summed E-state index contributed by atoms with van der Waals surface area (Å²) >= 11 is 6.17. The van der Waals surface area contributed by atoms with E-state index < -0.39 is 0 Å². The molecular formula is C14H19ClN2. The summed E-state index contributed by atoms with van der Waals surface area (Å²) in [5, 5.41) is 4.37. The molecule has 2 fully saturated rings. The smallest absolute Gasteiger partial charge is 0.0438 e. The van der Waals surface area contributed by atoms with Crippen LogP contribution in [0.3, 0.4) is 0 Å². The van der Waals surface area contributed by atoms with E-state index in [2.05, 4.69) is 35.3 Å². The van der Waals surface area contributed by atoms with E-state index in [-0.39, 0.29) is 0 Å². The average molecular weight is 251 g/mol. The van der Waals surface area contributed by atoms with Gasteiger partial charge >= 0.3 is 0 Å². The maximum Gasteiger partial charge on any atom is 0.0438 e. The minimum atomic E-state index is 0.871. The molecule has 1 aromatic carbocycles. The van der Waals surface area contributed by atoms with Crippen LogP contribution >= 0.6 is 11.6 Å². The normalized spacial score (nSPS) is 28.6. The van der Waals surface area contributed by atoms with Crippen molar-refractivity contribution in [3.8, 4) is 0 Å². The fraction of sp³-hybridized carbons (Fsp3) is 0.571. The standard InChI is InChI=1S/C14H19ClN2/c1-10-2-3-11(4-14(10)15)7-17-8-12-5-16-6-13(12)9-17/h2-4,12-13,16H,5-9H2,1H3. The van der Waals surface area contributed by atoms with Gasteiger partial charge in [-0.25, -0.2) is 0 Å². The van der Waals surface area contributed by atoms with Gasteiger partial charge in [-0.1, -0.05) is 23.7 Å². The largest absolute Gasteiger partial charge is 0.316 e. The zero-order valence-corrected chi connectivity index (χ0v) is 11.0. The van der Waals surface area contributed by atoms with Crippen molar-refractivity contribution in [2.24, 2.45) is 11.8 Å². The van der Waals surface area contributed by atoms with Gasteiger partial charge in [0.05, 0.1) is 0 Å². The molecule has 2 saturated heterocycles. The monoisotopic (exact) mass is 250 g/mol. The Morgan fingerprint density at radius 2 is 2.00 bits per heavy atom. The molecule has 1 aromatic rings. The fourth-order valence-electron chi connectivity index (χ4n) is 3.07. The Morgan fingerprint density at radius 3 is 2.65 bits per heavy atom. The van der Waals surface area contributed by atoms with Gasteiger partial charge in [0.2, 0.25) is 0 Å². The van der Waals surface area contributed by atoms with Crippen molar-refractivity contribution in [2.75, 3.05) is 26.2 Å². The lowest BCUT2D eigenvalue weighted by atomic mass is 10.0. The highest BCUT2D eigenvalue weighted by molar-refractivity contribution is 6.31. The number of hydrogen-bond donors (Lipinski definition) is 1. The molecule has 2 atom stereocenters. The number of rotatable bonds is 2. The predicted molar refractivity (Wildman–Crippen MR) is 71.3 cm³/mol. The van der Waals surface area contributed by atoms with E-state index in [0.29, 0.717) is 0 Å². The van der Waals surface area contributed by atoms with Gasteiger partial charge in [-0.2, -0.15) is 0 Å². The van der Waals surface area contributed by atoms with Crippen molar-refractivity contribution in [1.82, 2.24) is 10.2 Å². The summed E-state index contributed by atoms with van der Waals surface area (Å²) in [5.74, 6) is 1.74. The fourth-order valence-corrected chi connectivity index (χ4v) is 3.28. The van der Waals surface area contributed by atoms with Crippen LogP contribution in [0.15, 0.2) is 18.2 Å². The second kappa shape index (κ2) is 4.60. The number of aryl methyl sites for hydroxylation is 1. The molecule has 17 heavy (non-hydrogen) atoms. The number of halogens is 1. The van der Waals surface area contributed by atoms with Gasteiger partial charge in [-0.3, -0.25) is 4.90 Å². The van der Waals surface area contributed by atoms with Crippen LogP contribution in [0.4, 0.5) is 0 Å². The molecule has 3 heteroatoms. The van der Waals surface area contributed by atoms with E-state index in [0.717, 1.165) is 29.0 Å². The van der Waals surface area contributed by atoms with Gasteiger partial charge in [0.15, 0.2) is 0 Å². The van der Waals surface area contributed by atoms with Gasteiger partial charge in [0, 0.05) is 24.7 Å². The Kier molecular flexibility index (Phi) is 3.12. The SMILES string of the molecule is Cc1ccc(CN2CC3CNCC3C2)cc1Cl. The van der Waals surface area contributed by atoms with Crippen molar-refractivity contribution in [3.63, 3.8) is 0 Å². The molecule has 2 heterocycles. The summed E-state index contributed by atoms with van der Waals surface area (Å²) < 4.78 is 0. The first-order valence-corrected chi connectivity index (χ1v) is 6.78. The Hall–Kier alpha value is -0.570. The zero-order chi connectivity index (χ0) is 11.8. The first-order valence-electron chi connectivity index (χ1n) is 6.40. The summed E-state index contributed by atoms with van der Waals surface area (Å²) in [6, 6.07) is 6.44. The van der Waals surface area contributed by atoms with Gasteiger partial charge in [0.1, 0.15) is 0 Å². The van der Waals surface area contributed by atoms with E-state index in [9.17, 15) is 0 Å². The second-order valence-electron chi connectivity index (χ2n) is 5.46. The van der Waals surface area contributed by atoms with Gasteiger partial charge in [-0.15, -0.1) is 0 Å². The van der Waals surface area contributed by atoms with Crippen LogP contribution in [0.1, 0.15) is 11.1 Å². The molecule has 0 aromatic heterocycles. The maximum absolute atomic E-state index is 6.17. The number of nitrogens with zero attached hydrogens (tertiary/aromatic N) is 1. The third kappa shape index (κ3) is 2.35. The van der Waals surface area contributed by atoms with Crippen molar-refractivity contribution in [1.29, 1.82) is 0 Å². The summed E-state index contributed by atoms with van der Waals surface area (Å²) in [4.78, 5) is 2.57. The Balaban J connectivity index is 1.65. The molecule has 0 amide bonds. The molecule has 0 spiro atoms. The van der Waals surface area contributed by atoms with Crippen molar-refractivity contribution in [3.05, 3.63) is 34.3 Å². The van der Waals surface area contributed by atoms with Crippen LogP contribution in [-0.4, -0.2) is 31.1 Å². The topological polar surface area (TPSA) is 15.3 Å². The lowest BCUT2D eigenvalue weighted by Gasteiger charge is -2.17. The minimum Gasteiger partial charge on any atom is -0.316 e. The zero-order valence-electron chi connectivity index (χ0n) is 10.2. The van der Waals surface area contributed by atoms with Gasteiger partial charge < -0.3 is 5.32 Å². The number of nitrogens with one attached hydrogen (secondary N) is 1. The van der Waals surface area contributed by atoms with E-state index >= 15 is 0 Å².